The molecule has 2 aliphatic rings. The fraction of sp³-hybridized carbons (Fsp3) is 0.360. The van der Waals surface area contributed by atoms with Crippen molar-refractivity contribution < 1.29 is 13.9 Å². The van der Waals surface area contributed by atoms with Crippen LogP contribution in [0.3, 0.4) is 0 Å². The first-order valence-corrected chi connectivity index (χ1v) is 12.3. The molecule has 0 aliphatic carbocycles. The molecule has 1 unspecified atom stereocenters. The third-order valence-corrected chi connectivity index (χ3v) is 7.63. The predicted molar refractivity (Wildman–Crippen MR) is 133 cm³/mol. The van der Waals surface area contributed by atoms with Gasteiger partial charge in [0.25, 0.3) is 5.91 Å². The standard InChI is InChI=1S/C25H23Cl3N2O4/c1-14-11-20-16(13-18(14)27)23(31)21-22(15-3-4-17(26)19(28)12-15)30(25(32)24(21)34-20)6-2-5-29-7-9-33-10-8-29/h3-4,11-13,22H,2,5-10H2,1H3. The van der Waals surface area contributed by atoms with E-state index in [0.29, 0.717) is 56.9 Å². The van der Waals surface area contributed by atoms with Gasteiger partial charge in [-0.1, -0.05) is 40.9 Å². The molecule has 0 bridgehead atoms. The van der Waals surface area contributed by atoms with E-state index < -0.39 is 6.04 Å². The van der Waals surface area contributed by atoms with Crippen LogP contribution in [0.25, 0.3) is 11.0 Å². The van der Waals surface area contributed by atoms with E-state index in [9.17, 15) is 9.59 Å². The monoisotopic (exact) mass is 520 g/mol. The van der Waals surface area contributed by atoms with Gasteiger partial charge >= 0.3 is 0 Å². The van der Waals surface area contributed by atoms with Crippen LogP contribution in [0.5, 0.6) is 0 Å². The number of halogens is 3. The second-order valence-electron chi connectivity index (χ2n) is 8.65. The molecule has 1 fully saturated rings. The highest BCUT2D eigenvalue weighted by molar-refractivity contribution is 6.42. The van der Waals surface area contributed by atoms with Gasteiger partial charge in [0, 0.05) is 31.2 Å². The van der Waals surface area contributed by atoms with E-state index in [1.807, 2.05) is 6.92 Å². The zero-order chi connectivity index (χ0) is 24.0. The number of ether oxygens (including phenoxy) is 1. The first-order chi connectivity index (χ1) is 16.3. The summed E-state index contributed by atoms with van der Waals surface area (Å²) >= 11 is 18.7. The molecule has 2 aromatic carbocycles. The molecule has 5 rings (SSSR count). The average molecular weight is 522 g/mol. The van der Waals surface area contributed by atoms with Crippen LogP contribution in [0.4, 0.5) is 0 Å². The molecule has 3 aromatic rings. The average Bonchev–Trinajstić information content (AvgIpc) is 3.10. The Kier molecular flexibility index (Phi) is 6.62. The van der Waals surface area contributed by atoms with Gasteiger partial charge in [-0.25, -0.2) is 0 Å². The number of carbonyl (C=O) groups is 1. The highest BCUT2D eigenvalue weighted by Crippen LogP contribution is 2.40. The molecule has 0 N–H and O–H groups in total. The van der Waals surface area contributed by atoms with Gasteiger partial charge in [0.2, 0.25) is 5.76 Å². The van der Waals surface area contributed by atoms with Crippen molar-refractivity contribution in [2.45, 2.75) is 19.4 Å². The summed E-state index contributed by atoms with van der Waals surface area (Å²) < 4.78 is 11.4. The minimum atomic E-state index is -0.623. The summed E-state index contributed by atoms with van der Waals surface area (Å²) in [7, 11) is 0. The molecular weight excluding hydrogens is 499 g/mol. The quantitative estimate of drug-likeness (QED) is 0.454. The molecule has 9 heteroatoms. The third-order valence-electron chi connectivity index (χ3n) is 6.48. The lowest BCUT2D eigenvalue weighted by molar-refractivity contribution is 0.0353. The van der Waals surface area contributed by atoms with E-state index in [1.165, 1.54) is 0 Å². The van der Waals surface area contributed by atoms with Crippen molar-refractivity contribution >= 4 is 51.7 Å². The van der Waals surface area contributed by atoms with Gasteiger partial charge in [-0.15, -0.1) is 0 Å². The molecule has 0 radical (unpaired) electrons. The molecule has 34 heavy (non-hydrogen) atoms. The predicted octanol–water partition coefficient (Wildman–Crippen LogP) is 5.33. The number of fused-ring (bicyclic) bond motifs is 2. The first kappa shape index (κ1) is 23.6. The number of hydrogen-bond donors (Lipinski definition) is 0. The molecule has 0 saturated carbocycles. The lowest BCUT2D eigenvalue weighted by Gasteiger charge is -2.29. The van der Waals surface area contributed by atoms with E-state index >= 15 is 0 Å². The van der Waals surface area contributed by atoms with Crippen molar-refractivity contribution in [1.29, 1.82) is 0 Å². The summed E-state index contributed by atoms with van der Waals surface area (Å²) in [5.74, 6) is -0.235. The van der Waals surface area contributed by atoms with Crippen LogP contribution in [0.1, 0.15) is 39.7 Å². The number of aryl methyl sites for hydroxylation is 1. The SMILES string of the molecule is Cc1cc2oc3c(c(=O)c2cc1Cl)C(c1ccc(Cl)c(Cl)c1)N(CCCN1CCOCC1)C3=O. The summed E-state index contributed by atoms with van der Waals surface area (Å²) in [5, 5.41) is 1.58. The zero-order valence-electron chi connectivity index (χ0n) is 18.6. The summed E-state index contributed by atoms with van der Waals surface area (Å²) in [5.41, 5.74) is 1.87. The Morgan fingerprint density at radius 2 is 1.74 bits per heavy atom. The van der Waals surface area contributed by atoms with Gasteiger partial charge in [0.15, 0.2) is 5.43 Å². The largest absolute Gasteiger partial charge is 0.450 e. The van der Waals surface area contributed by atoms with Crippen LogP contribution in [0.2, 0.25) is 15.1 Å². The van der Waals surface area contributed by atoms with Crippen molar-refractivity contribution in [3.05, 3.63) is 78.1 Å². The van der Waals surface area contributed by atoms with Crippen molar-refractivity contribution in [3.63, 3.8) is 0 Å². The molecule has 1 saturated heterocycles. The van der Waals surface area contributed by atoms with Crippen LogP contribution in [0.15, 0.2) is 39.5 Å². The molecule has 1 amide bonds. The molecular formula is C25H23Cl3N2O4. The first-order valence-electron chi connectivity index (χ1n) is 11.2. The van der Waals surface area contributed by atoms with Crippen LogP contribution < -0.4 is 5.43 Å². The second kappa shape index (κ2) is 9.51. The Bertz CT molecular complexity index is 1330. The fourth-order valence-electron chi connectivity index (χ4n) is 4.69. The number of nitrogens with zero attached hydrogens (tertiary/aromatic N) is 2. The number of carbonyl (C=O) groups excluding carboxylic acids is 1. The molecule has 1 atom stereocenters. The van der Waals surface area contributed by atoms with E-state index in [1.54, 1.807) is 35.2 Å². The lowest BCUT2D eigenvalue weighted by Crippen LogP contribution is -2.38. The number of amides is 1. The molecule has 6 nitrogen and oxygen atoms in total. The Balaban J connectivity index is 1.57. The lowest BCUT2D eigenvalue weighted by atomic mass is 9.98. The molecule has 3 heterocycles. The van der Waals surface area contributed by atoms with Gasteiger partial charge < -0.3 is 14.1 Å². The Labute approximate surface area is 211 Å². The normalized spacial score (nSPS) is 18.6. The number of hydrogen-bond acceptors (Lipinski definition) is 5. The number of benzene rings is 2. The Hall–Kier alpha value is -2.09. The van der Waals surface area contributed by atoms with Crippen molar-refractivity contribution in [3.8, 4) is 0 Å². The minimum absolute atomic E-state index is 0.0710. The van der Waals surface area contributed by atoms with Gasteiger partial charge in [0.1, 0.15) is 5.58 Å². The smallest absolute Gasteiger partial charge is 0.290 e. The summed E-state index contributed by atoms with van der Waals surface area (Å²) in [4.78, 5) is 31.2. The fourth-order valence-corrected chi connectivity index (χ4v) is 5.16. The van der Waals surface area contributed by atoms with Crippen LogP contribution in [-0.2, 0) is 4.74 Å². The third kappa shape index (κ3) is 4.23. The van der Waals surface area contributed by atoms with E-state index in [-0.39, 0.29) is 17.1 Å². The summed E-state index contributed by atoms with van der Waals surface area (Å²) in [6, 6.07) is 7.86. The van der Waals surface area contributed by atoms with Crippen LogP contribution >= 0.6 is 34.8 Å². The van der Waals surface area contributed by atoms with Crippen LogP contribution in [0, 0.1) is 6.92 Å². The van der Waals surface area contributed by atoms with E-state index in [4.69, 9.17) is 44.0 Å². The van der Waals surface area contributed by atoms with Crippen LogP contribution in [-0.4, -0.2) is 55.1 Å². The second-order valence-corrected chi connectivity index (χ2v) is 9.88. The highest BCUT2D eigenvalue weighted by Gasteiger charge is 2.42. The number of rotatable bonds is 5. The van der Waals surface area contributed by atoms with E-state index in [2.05, 4.69) is 4.90 Å². The number of morpholine rings is 1. The highest BCUT2D eigenvalue weighted by atomic mass is 35.5. The van der Waals surface area contributed by atoms with Crippen molar-refractivity contribution in [2.75, 3.05) is 39.4 Å². The van der Waals surface area contributed by atoms with E-state index in [0.717, 1.165) is 31.6 Å². The Morgan fingerprint density at radius 1 is 0.971 bits per heavy atom. The Morgan fingerprint density at radius 3 is 2.47 bits per heavy atom. The minimum Gasteiger partial charge on any atom is -0.450 e. The zero-order valence-corrected chi connectivity index (χ0v) is 20.8. The topological polar surface area (TPSA) is 63.0 Å². The summed E-state index contributed by atoms with van der Waals surface area (Å²) in [6.45, 7) is 6.29. The molecule has 2 aliphatic heterocycles. The maximum Gasteiger partial charge on any atom is 0.290 e. The van der Waals surface area contributed by atoms with Crippen molar-refractivity contribution in [2.24, 2.45) is 0 Å². The maximum absolute atomic E-state index is 13.7. The van der Waals surface area contributed by atoms with Gasteiger partial charge in [-0.2, -0.15) is 0 Å². The van der Waals surface area contributed by atoms with Crippen molar-refractivity contribution in [1.82, 2.24) is 9.80 Å². The molecule has 0 spiro atoms. The van der Waals surface area contributed by atoms with Gasteiger partial charge in [-0.3, -0.25) is 14.5 Å². The molecule has 178 valence electrons. The molecule has 1 aromatic heterocycles. The van der Waals surface area contributed by atoms with Gasteiger partial charge in [0.05, 0.1) is 40.3 Å². The van der Waals surface area contributed by atoms with Gasteiger partial charge in [-0.05, 0) is 48.7 Å². The summed E-state index contributed by atoms with van der Waals surface area (Å²) in [6.07, 6.45) is 0.746. The maximum atomic E-state index is 13.7.